The van der Waals surface area contributed by atoms with Crippen LogP contribution in [0.2, 0.25) is 0 Å². The summed E-state index contributed by atoms with van der Waals surface area (Å²) in [6.45, 7) is 4.98. The summed E-state index contributed by atoms with van der Waals surface area (Å²) in [6, 6.07) is -0.161. The molecule has 15 heavy (non-hydrogen) atoms. The number of hydrogen-bond acceptors (Lipinski definition) is 5. The van der Waals surface area contributed by atoms with Crippen LogP contribution in [0.25, 0.3) is 0 Å². The van der Waals surface area contributed by atoms with Gasteiger partial charge in [-0.2, -0.15) is 4.98 Å². The van der Waals surface area contributed by atoms with Crippen molar-refractivity contribution >= 4 is 0 Å². The number of nitrogens with zero attached hydrogens (tertiary/aromatic N) is 3. The fourth-order valence-corrected chi connectivity index (χ4v) is 1.11. The average Bonchev–Trinajstić information content (AvgIpc) is 2.61. The molecule has 0 bridgehead atoms. The Balaban J connectivity index is 2.56. The zero-order valence-electron chi connectivity index (χ0n) is 9.90. The van der Waals surface area contributed by atoms with E-state index in [4.69, 9.17) is 10.3 Å². The third-order valence-electron chi connectivity index (χ3n) is 2.27. The second-order valence-corrected chi connectivity index (χ2v) is 4.37. The van der Waals surface area contributed by atoms with E-state index in [9.17, 15) is 0 Å². The Morgan fingerprint density at radius 3 is 2.60 bits per heavy atom. The summed E-state index contributed by atoms with van der Waals surface area (Å²) in [7, 11) is 4.03. The number of rotatable bonds is 5. The van der Waals surface area contributed by atoms with Crippen molar-refractivity contribution in [2.24, 2.45) is 11.7 Å². The normalized spacial score (nSPS) is 13.8. The molecular formula is C10H20N4O. The van der Waals surface area contributed by atoms with Gasteiger partial charge in [-0.3, -0.25) is 0 Å². The van der Waals surface area contributed by atoms with Gasteiger partial charge in [-0.25, -0.2) is 0 Å². The highest BCUT2D eigenvalue weighted by atomic mass is 16.5. The van der Waals surface area contributed by atoms with Crippen molar-refractivity contribution in [3.8, 4) is 0 Å². The summed E-state index contributed by atoms with van der Waals surface area (Å²) in [4.78, 5) is 6.36. The summed E-state index contributed by atoms with van der Waals surface area (Å²) in [5.74, 6) is 1.58. The van der Waals surface area contributed by atoms with Gasteiger partial charge in [-0.15, -0.1) is 0 Å². The maximum Gasteiger partial charge on any atom is 0.243 e. The van der Waals surface area contributed by atoms with Gasteiger partial charge in [0.1, 0.15) is 0 Å². The number of hydrogen-bond donors (Lipinski definition) is 1. The van der Waals surface area contributed by atoms with Crippen molar-refractivity contribution in [2.45, 2.75) is 26.3 Å². The van der Waals surface area contributed by atoms with Crippen LogP contribution in [0.15, 0.2) is 4.52 Å². The molecule has 0 aliphatic heterocycles. The van der Waals surface area contributed by atoms with Crippen LogP contribution in [-0.4, -0.2) is 35.7 Å². The van der Waals surface area contributed by atoms with Crippen LogP contribution in [0.3, 0.4) is 0 Å². The van der Waals surface area contributed by atoms with E-state index in [1.165, 1.54) is 0 Å². The first kappa shape index (κ1) is 12.1. The van der Waals surface area contributed by atoms with Crippen molar-refractivity contribution in [1.82, 2.24) is 15.0 Å². The molecule has 0 spiro atoms. The first-order chi connectivity index (χ1) is 7.00. The van der Waals surface area contributed by atoms with Gasteiger partial charge in [0.05, 0.1) is 6.04 Å². The van der Waals surface area contributed by atoms with Gasteiger partial charge in [0.15, 0.2) is 5.82 Å². The van der Waals surface area contributed by atoms with E-state index in [1.54, 1.807) is 0 Å². The van der Waals surface area contributed by atoms with Gasteiger partial charge in [0.2, 0.25) is 5.89 Å². The molecule has 86 valence electrons. The fraction of sp³-hybridized carbons (Fsp3) is 0.800. The Kier molecular flexibility index (Phi) is 4.23. The van der Waals surface area contributed by atoms with Gasteiger partial charge in [-0.05, 0) is 20.0 Å². The highest BCUT2D eigenvalue weighted by Crippen LogP contribution is 2.16. The number of nitrogens with two attached hydrogens (primary N) is 1. The first-order valence-electron chi connectivity index (χ1n) is 5.23. The van der Waals surface area contributed by atoms with E-state index in [-0.39, 0.29) is 6.04 Å². The van der Waals surface area contributed by atoms with Gasteiger partial charge >= 0.3 is 0 Å². The third kappa shape index (κ3) is 3.60. The molecule has 5 heteroatoms. The lowest BCUT2D eigenvalue weighted by Gasteiger charge is -2.09. The first-order valence-corrected chi connectivity index (χ1v) is 5.23. The van der Waals surface area contributed by atoms with E-state index in [0.29, 0.717) is 11.8 Å². The monoisotopic (exact) mass is 212 g/mol. The minimum Gasteiger partial charge on any atom is -0.338 e. The lowest BCUT2D eigenvalue weighted by atomic mass is 10.1. The second kappa shape index (κ2) is 5.23. The van der Waals surface area contributed by atoms with Gasteiger partial charge in [-0.1, -0.05) is 19.0 Å². The highest BCUT2D eigenvalue weighted by molar-refractivity contribution is 4.93. The Bertz CT molecular complexity index is 295. The van der Waals surface area contributed by atoms with Crippen LogP contribution in [-0.2, 0) is 6.42 Å². The van der Waals surface area contributed by atoms with E-state index in [0.717, 1.165) is 18.8 Å². The molecule has 5 nitrogen and oxygen atoms in total. The lowest BCUT2D eigenvalue weighted by Crippen LogP contribution is -2.18. The summed E-state index contributed by atoms with van der Waals surface area (Å²) in [6.07, 6.45) is 0.793. The van der Waals surface area contributed by atoms with Crippen LogP contribution >= 0.6 is 0 Å². The Labute approximate surface area is 90.6 Å². The zero-order valence-corrected chi connectivity index (χ0v) is 9.90. The molecule has 0 aromatic carbocycles. The largest absolute Gasteiger partial charge is 0.338 e. The van der Waals surface area contributed by atoms with Crippen molar-refractivity contribution in [3.05, 3.63) is 11.7 Å². The van der Waals surface area contributed by atoms with Gasteiger partial charge < -0.3 is 15.2 Å². The van der Waals surface area contributed by atoms with Crippen molar-refractivity contribution in [2.75, 3.05) is 20.6 Å². The quantitative estimate of drug-likeness (QED) is 0.783. The Morgan fingerprint density at radius 2 is 2.07 bits per heavy atom. The molecule has 0 amide bonds. The van der Waals surface area contributed by atoms with Crippen LogP contribution in [0, 0.1) is 5.92 Å². The van der Waals surface area contributed by atoms with E-state index < -0.39 is 0 Å². The molecule has 0 unspecified atom stereocenters. The molecule has 1 aromatic rings. The number of likely N-dealkylation sites (N-methyl/N-ethyl adjacent to an activating group) is 1. The van der Waals surface area contributed by atoms with Crippen LogP contribution in [0.1, 0.15) is 31.6 Å². The summed E-state index contributed by atoms with van der Waals surface area (Å²) < 4.78 is 5.12. The molecule has 1 rings (SSSR count). The van der Waals surface area contributed by atoms with Crippen molar-refractivity contribution < 1.29 is 4.52 Å². The molecule has 1 aromatic heterocycles. The molecule has 1 atom stereocenters. The summed E-state index contributed by atoms with van der Waals surface area (Å²) in [5, 5.41) is 3.90. The maximum absolute atomic E-state index is 5.90. The second-order valence-electron chi connectivity index (χ2n) is 4.37. The third-order valence-corrected chi connectivity index (χ3v) is 2.27. The van der Waals surface area contributed by atoms with E-state index in [1.807, 2.05) is 27.9 Å². The van der Waals surface area contributed by atoms with E-state index >= 15 is 0 Å². The highest BCUT2D eigenvalue weighted by Gasteiger charge is 2.17. The molecule has 2 N–H and O–H groups in total. The fourth-order valence-electron chi connectivity index (χ4n) is 1.11. The topological polar surface area (TPSA) is 68.2 Å². The van der Waals surface area contributed by atoms with Crippen LogP contribution in [0.5, 0.6) is 0 Å². The predicted molar refractivity (Wildman–Crippen MR) is 58.3 cm³/mol. The average molecular weight is 212 g/mol. The molecular weight excluding hydrogens is 192 g/mol. The molecule has 0 aliphatic carbocycles. The lowest BCUT2D eigenvalue weighted by molar-refractivity contribution is 0.321. The number of aromatic nitrogens is 2. The van der Waals surface area contributed by atoms with Gasteiger partial charge in [0.25, 0.3) is 0 Å². The Morgan fingerprint density at radius 1 is 1.40 bits per heavy atom. The predicted octanol–water partition coefficient (Wildman–Crippen LogP) is 0.829. The Hall–Kier alpha value is -0.940. The van der Waals surface area contributed by atoms with Crippen LogP contribution < -0.4 is 5.73 Å². The molecule has 0 saturated heterocycles. The summed E-state index contributed by atoms with van der Waals surface area (Å²) >= 11 is 0. The standard InChI is InChI=1S/C10H20N4O/c1-7(2)9(11)10-12-8(13-15-10)5-6-14(3)4/h7,9H,5-6,11H2,1-4H3/t9-/m1/s1. The SMILES string of the molecule is CC(C)[C@@H](N)c1nc(CCN(C)C)no1. The zero-order chi connectivity index (χ0) is 11.4. The van der Waals surface area contributed by atoms with Crippen molar-refractivity contribution in [3.63, 3.8) is 0 Å². The molecule has 0 aliphatic rings. The smallest absolute Gasteiger partial charge is 0.243 e. The molecule has 0 saturated carbocycles. The van der Waals surface area contributed by atoms with E-state index in [2.05, 4.69) is 15.0 Å². The van der Waals surface area contributed by atoms with Gasteiger partial charge in [0, 0.05) is 13.0 Å². The maximum atomic E-state index is 5.90. The minimum atomic E-state index is -0.161. The molecule has 1 heterocycles. The molecule has 0 fully saturated rings. The van der Waals surface area contributed by atoms with Crippen LogP contribution in [0.4, 0.5) is 0 Å². The van der Waals surface area contributed by atoms with Crippen molar-refractivity contribution in [1.29, 1.82) is 0 Å². The molecule has 0 radical (unpaired) electrons. The summed E-state index contributed by atoms with van der Waals surface area (Å²) in [5.41, 5.74) is 5.90. The minimum absolute atomic E-state index is 0.161.